The SMILES string of the molecule is CCCCC/C=C\C/C=C\C/C=C\CCCCCCCCC(=O)OCC(COC1OC(C(=O)O)C(O)C(O)C1OC(=O)CCCCCCC/C=C\CCCCCCCC)OC(=O)CCCCCCCCC/C=C\C/C=C\CCCCC. The average molecular weight is 1140 g/mol. The number of allylic oxidation sites excluding steroid dienone is 12. The number of hydrogen-bond acceptors (Lipinski definition) is 11. The Bertz CT molecular complexity index is 1680. The minimum atomic E-state index is -1.91. The molecule has 466 valence electrons. The van der Waals surface area contributed by atoms with E-state index in [2.05, 4.69) is 93.7 Å². The van der Waals surface area contributed by atoms with Crippen LogP contribution in [0.1, 0.15) is 290 Å². The van der Waals surface area contributed by atoms with E-state index < -0.39 is 67.3 Å². The van der Waals surface area contributed by atoms with Crippen LogP contribution in [0.3, 0.4) is 0 Å². The quantitative estimate of drug-likeness (QED) is 0.0228. The van der Waals surface area contributed by atoms with Gasteiger partial charge in [0.05, 0.1) is 6.61 Å². The Kier molecular flexibility index (Phi) is 52.6. The fraction of sp³-hybridized carbons (Fsp3) is 0.768. The number of carboxylic acids is 1. The molecule has 12 heteroatoms. The fourth-order valence-electron chi connectivity index (χ4n) is 9.64. The van der Waals surface area contributed by atoms with Gasteiger partial charge in [0.2, 0.25) is 0 Å². The molecule has 12 nitrogen and oxygen atoms in total. The Morgan fingerprint density at radius 3 is 1.16 bits per heavy atom. The van der Waals surface area contributed by atoms with Gasteiger partial charge >= 0.3 is 23.9 Å². The molecule has 0 aliphatic carbocycles. The van der Waals surface area contributed by atoms with Crippen LogP contribution in [-0.4, -0.2) is 89.2 Å². The van der Waals surface area contributed by atoms with E-state index in [0.717, 1.165) is 135 Å². The van der Waals surface area contributed by atoms with Crippen molar-refractivity contribution in [2.75, 3.05) is 13.2 Å². The van der Waals surface area contributed by atoms with Gasteiger partial charge in [0, 0.05) is 19.3 Å². The zero-order valence-corrected chi connectivity index (χ0v) is 51.5. The van der Waals surface area contributed by atoms with Gasteiger partial charge in [-0.2, -0.15) is 0 Å². The summed E-state index contributed by atoms with van der Waals surface area (Å²) in [5.41, 5.74) is 0. The third-order valence-corrected chi connectivity index (χ3v) is 14.7. The summed E-state index contributed by atoms with van der Waals surface area (Å²) in [5.74, 6) is -3.14. The van der Waals surface area contributed by atoms with Crippen LogP contribution < -0.4 is 0 Å². The van der Waals surface area contributed by atoms with Gasteiger partial charge < -0.3 is 39.0 Å². The lowest BCUT2D eigenvalue weighted by atomic mass is 9.98. The minimum Gasteiger partial charge on any atom is -0.479 e. The Labute approximate surface area is 493 Å². The molecule has 0 aromatic carbocycles. The number of hydrogen-bond donors (Lipinski definition) is 3. The summed E-state index contributed by atoms with van der Waals surface area (Å²) in [6.45, 7) is 5.94. The lowest BCUT2D eigenvalue weighted by Crippen LogP contribution is -2.61. The van der Waals surface area contributed by atoms with Crippen LogP contribution in [0.2, 0.25) is 0 Å². The molecular formula is C69H118O12. The molecule has 1 saturated heterocycles. The molecule has 1 aliphatic rings. The largest absolute Gasteiger partial charge is 0.479 e. The molecule has 0 amide bonds. The minimum absolute atomic E-state index is 0.0474. The number of aliphatic carboxylic acids is 1. The summed E-state index contributed by atoms with van der Waals surface area (Å²) in [7, 11) is 0. The average Bonchev–Trinajstić information content (AvgIpc) is 3.53. The van der Waals surface area contributed by atoms with Gasteiger partial charge in [-0.3, -0.25) is 14.4 Å². The number of carbonyl (C=O) groups is 4. The first kappa shape index (κ1) is 75.2. The molecule has 0 spiro atoms. The zero-order chi connectivity index (χ0) is 58.9. The highest BCUT2D eigenvalue weighted by Crippen LogP contribution is 2.27. The van der Waals surface area contributed by atoms with E-state index in [9.17, 15) is 34.5 Å². The maximum atomic E-state index is 13.2. The van der Waals surface area contributed by atoms with Crippen molar-refractivity contribution in [3.8, 4) is 0 Å². The molecule has 0 bridgehead atoms. The predicted octanol–water partition coefficient (Wildman–Crippen LogP) is 17.7. The summed E-state index contributed by atoms with van der Waals surface area (Å²) >= 11 is 0. The first-order valence-corrected chi connectivity index (χ1v) is 32.9. The van der Waals surface area contributed by atoms with Gasteiger partial charge in [-0.05, 0) is 116 Å². The molecule has 3 N–H and O–H groups in total. The molecule has 1 aliphatic heterocycles. The van der Waals surface area contributed by atoms with E-state index in [1.54, 1.807) is 0 Å². The third kappa shape index (κ3) is 46.3. The Hall–Kier alpha value is -3.84. The van der Waals surface area contributed by atoms with Crippen molar-refractivity contribution in [1.29, 1.82) is 0 Å². The van der Waals surface area contributed by atoms with Crippen molar-refractivity contribution in [1.82, 2.24) is 0 Å². The van der Waals surface area contributed by atoms with Gasteiger partial charge in [0.15, 0.2) is 24.6 Å². The maximum Gasteiger partial charge on any atom is 0.335 e. The van der Waals surface area contributed by atoms with Crippen molar-refractivity contribution in [3.63, 3.8) is 0 Å². The normalized spacial score (nSPS) is 18.2. The number of carbonyl (C=O) groups excluding carboxylic acids is 3. The molecule has 1 heterocycles. The van der Waals surface area contributed by atoms with E-state index in [4.69, 9.17) is 23.7 Å². The number of aliphatic hydroxyl groups excluding tert-OH is 2. The Balaban J connectivity index is 2.68. The number of rotatable bonds is 56. The summed E-state index contributed by atoms with van der Waals surface area (Å²) < 4.78 is 28.5. The second-order valence-corrected chi connectivity index (χ2v) is 22.4. The summed E-state index contributed by atoms with van der Waals surface area (Å²) in [4.78, 5) is 51.3. The van der Waals surface area contributed by atoms with E-state index in [0.29, 0.717) is 19.3 Å². The van der Waals surface area contributed by atoms with E-state index >= 15 is 0 Å². The fourth-order valence-corrected chi connectivity index (χ4v) is 9.64. The summed E-state index contributed by atoms with van der Waals surface area (Å²) in [6, 6.07) is 0. The molecule has 6 unspecified atom stereocenters. The highest BCUT2D eigenvalue weighted by atomic mass is 16.7. The number of aliphatic hydroxyl groups is 2. The van der Waals surface area contributed by atoms with Crippen molar-refractivity contribution in [3.05, 3.63) is 72.9 Å². The molecule has 0 radical (unpaired) electrons. The number of carboxylic acid groups (broad SMARTS) is 1. The van der Waals surface area contributed by atoms with Gasteiger partial charge in [0.25, 0.3) is 0 Å². The monoisotopic (exact) mass is 1140 g/mol. The van der Waals surface area contributed by atoms with Crippen LogP contribution in [0.15, 0.2) is 72.9 Å². The molecule has 6 atom stereocenters. The molecule has 1 rings (SSSR count). The number of unbranched alkanes of at least 4 members (excludes halogenated alkanes) is 30. The lowest BCUT2D eigenvalue weighted by molar-refractivity contribution is -0.301. The van der Waals surface area contributed by atoms with Gasteiger partial charge in [-0.25, -0.2) is 4.79 Å². The smallest absolute Gasteiger partial charge is 0.335 e. The first-order valence-electron chi connectivity index (χ1n) is 32.9. The third-order valence-electron chi connectivity index (χ3n) is 14.7. The summed E-state index contributed by atoms with van der Waals surface area (Å²) in [5, 5.41) is 31.6. The molecule has 0 saturated carbocycles. The highest BCUT2D eigenvalue weighted by Gasteiger charge is 2.50. The Morgan fingerprint density at radius 2 is 0.741 bits per heavy atom. The number of ether oxygens (including phenoxy) is 5. The Morgan fingerprint density at radius 1 is 0.407 bits per heavy atom. The first-order chi connectivity index (χ1) is 39.6. The lowest BCUT2D eigenvalue weighted by Gasteiger charge is -2.40. The topological polar surface area (TPSA) is 175 Å². The van der Waals surface area contributed by atoms with Crippen LogP contribution >= 0.6 is 0 Å². The van der Waals surface area contributed by atoms with E-state index in [-0.39, 0.29) is 25.9 Å². The van der Waals surface area contributed by atoms with E-state index in [1.165, 1.54) is 96.3 Å². The zero-order valence-electron chi connectivity index (χ0n) is 51.5. The van der Waals surface area contributed by atoms with Crippen molar-refractivity contribution >= 4 is 23.9 Å². The molecule has 81 heavy (non-hydrogen) atoms. The second-order valence-electron chi connectivity index (χ2n) is 22.4. The van der Waals surface area contributed by atoms with Crippen molar-refractivity contribution < 1.29 is 58.2 Å². The van der Waals surface area contributed by atoms with Crippen LogP contribution in [0.25, 0.3) is 0 Å². The van der Waals surface area contributed by atoms with Crippen LogP contribution in [0.4, 0.5) is 0 Å². The molecule has 1 fully saturated rings. The van der Waals surface area contributed by atoms with Crippen molar-refractivity contribution in [2.24, 2.45) is 0 Å². The van der Waals surface area contributed by atoms with Crippen molar-refractivity contribution in [2.45, 2.75) is 327 Å². The molecular weight excluding hydrogens is 1020 g/mol. The standard InChI is InChI=1S/C69H118O12/c1-4-7-10-13-16-19-22-25-28-30-31-33-35-37-40-43-46-49-52-55-61(70)77-58-60(79-62(71)56-53-50-47-44-41-39-36-32-29-26-23-20-17-14-11-8-5-2)59-78-69-67(65(74)64(73)66(81-69)68(75)76)80-63(72)57-54-51-48-45-42-38-34-27-24-21-18-15-12-9-6-3/h16-17,19-20,25-29,31,33-34,60,64-67,69,73-74H,4-15,18,21-24,30,32,35-59H2,1-3H3,(H,75,76)/b19-16-,20-17-,28-25-,29-26-,33-31-,34-27-. The summed E-state index contributed by atoms with van der Waals surface area (Å²) in [6.07, 6.45) is 59.9. The van der Waals surface area contributed by atoms with Gasteiger partial charge in [0.1, 0.15) is 18.8 Å². The van der Waals surface area contributed by atoms with Crippen LogP contribution in [-0.2, 0) is 42.9 Å². The maximum absolute atomic E-state index is 13.2. The van der Waals surface area contributed by atoms with E-state index in [1.807, 2.05) is 0 Å². The number of esters is 3. The highest BCUT2D eigenvalue weighted by molar-refractivity contribution is 5.74. The van der Waals surface area contributed by atoms with Gasteiger partial charge in [-0.1, -0.05) is 229 Å². The van der Waals surface area contributed by atoms with Gasteiger partial charge in [-0.15, -0.1) is 0 Å². The second kappa shape index (κ2) is 56.6. The molecule has 0 aromatic rings. The van der Waals surface area contributed by atoms with Crippen LogP contribution in [0.5, 0.6) is 0 Å². The molecule has 0 aromatic heterocycles. The van der Waals surface area contributed by atoms with Crippen LogP contribution in [0, 0.1) is 0 Å². The predicted molar refractivity (Wildman–Crippen MR) is 331 cm³/mol.